The number of hydrogen-bond acceptors (Lipinski definition) is 7. The van der Waals surface area contributed by atoms with Crippen LogP contribution in [0.1, 0.15) is 48.5 Å². The van der Waals surface area contributed by atoms with E-state index in [1.807, 2.05) is 0 Å². The highest BCUT2D eigenvalue weighted by Crippen LogP contribution is 2.20. The summed E-state index contributed by atoms with van der Waals surface area (Å²) < 4.78 is 6.12. The lowest BCUT2D eigenvalue weighted by atomic mass is 10.3. The van der Waals surface area contributed by atoms with Gasteiger partial charge in [0, 0.05) is 59.7 Å². The first-order valence-electron chi connectivity index (χ1n) is 13.9. The summed E-state index contributed by atoms with van der Waals surface area (Å²) in [7, 11) is 6.49. The maximum absolute atomic E-state index is 13.1. The zero-order valence-electron chi connectivity index (χ0n) is 25.9. The number of rotatable bonds is 12. The Bertz CT molecular complexity index is 1930. The molecule has 0 aliphatic heterocycles. The Balaban J connectivity index is 1.39. The van der Waals surface area contributed by atoms with Crippen molar-refractivity contribution < 1.29 is 24.0 Å². The fraction of sp³-hybridized carbons (Fsp3) is 0.207. The smallest absolute Gasteiger partial charge is 0.291 e. The third-order valence-corrected chi connectivity index (χ3v) is 7.19. The number of hydrogen-bond donors (Lipinski definition) is 7. The van der Waals surface area contributed by atoms with E-state index in [1.165, 1.54) is 36.6 Å². The number of nitrogens with one attached hydrogen (secondary N) is 6. The average Bonchev–Trinajstić information content (AvgIpc) is 3.74. The highest BCUT2D eigenvalue weighted by Gasteiger charge is 2.21. The van der Waals surface area contributed by atoms with Crippen LogP contribution in [0.2, 0.25) is 0 Å². The molecule has 0 unspecified atom stereocenters. The molecule has 5 amide bonds. The Morgan fingerprint density at radius 2 is 1.38 bits per heavy atom. The second-order valence-corrected chi connectivity index (χ2v) is 11.4. The normalized spacial score (nSPS) is 10.7. The molecule has 17 nitrogen and oxygen atoms in total. The van der Waals surface area contributed by atoms with E-state index in [4.69, 9.17) is 11.1 Å². The van der Waals surface area contributed by atoms with E-state index >= 15 is 0 Å². The molecule has 4 aromatic heterocycles. The van der Waals surface area contributed by atoms with E-state index in [2.05, 4.69) is 54.1 Å². The molecule has 0 spiro atoms. The molecule has 0 bridgehead atoms. The van der Waals surface area contributed by atoms with Crippen molar-refractivity contribution in [1.82, 2.24) is 28.6 Å². The van der Waals surface area contributed by atoms with Crippen LogP contribution < -0.4 is 32.3 Å². The van der Waals surface area contributed by atoms with Crippen LogP contribution in [0.15, 0.2) is 53.9 Å². The number of aryl methyl sites for hydroxylation is 3. The first kappa shape index (κ1) is 34.0. The number of amidine groups is 1. The lowest BCUT2D eigenvalue weighted by Crippen LogP contribution is -2.29. The van der Waals surface area contributed by atoms with Crippen LogP contribution in [0, 0.1) is 5.41 Å². The fourth-order valence-electron chi connectivity index (χ4n) is 4.47. The first-order valence-corrected chi connectivity index (χ1v) is 14.7. The summed E-state index contributed by atoms with van der Waals surface area (Å²) >= 11 is 2.98. The third kappa shape index (κ3) is 8.03. The van der Waals surface area contributed by atoms with Crippen molar-refractivity contribution in [3.63, 3.8) is 0 Å². The zero-order chi connectivity index (χ0) is 34.6. The molecule has 0 radical (unpaired) electrons. The monoisotopic (exact) mass is 708 g/mol. The summed E-state index contributed by atoms with van der Waals surface area (Å²) in [5.41, 5.74) is 6.75. The Kier molecular flexibility index (Phi) is 10.1. The number of nitrogens with two attached hydrogens (primary N) is 1. The number of carbonyl (C=O) groups is 5. The highest BCUT2D eigenvalue weighted by atomic mass is 79.9. The summed E-state index contributed by atoms with van der Waals surface area (Å²) in [6.07, 6.45) is 4.81. The van der Waals surface area contributed by atoms with Gasteiger partial charge in [-0.3, -0.25) is 29.4 Å². The molecule has 4 heterocycles. The lowest BCUT2D eigenvalue weighted by molar-refractivity contribution is -0.112. The predicted octanol–water partition coefficient (Wildman–Crippen LogP) is 2.10. The number of halogens is 1. The van der Waals surface area contributed by atoms with Gasteiger partial charge in [0.2, 0.25) is 5.82 Å². The van der Waals surface area contributed by atoms with Gasteiger partial charge in [0.1, 0.15) is 22.9 Å². The molecule has 0 atom stereocenters. The molecule has 8 N–H and O–H groups in total. The number of carbonyl (C=O) groups excluding carboxylic acids is 5. The van der Waals surface area contributed by atoms with Gasteiger partial charge in [-0.05, 0) is 40.2 Å². The molecule has 0 saturated carbocycles. The molecule has 47 heavy (non-hydrogen) atoms. The highest BCUT2D eigenvalue weighted by molar-refractivity contribution is 9.12. The average molecular weight is 710 g/mol. The minimum Gasteiger partial charge on any atom is -0.388 e. The zero-order valence-corrected chi connectivity index (χ0v) is 27.5. The van der Waals surface area contributed by atoms with Crippen LogP contribution in [0.25, 0.3) is 0 Å². The molecule has 0 aromatic carbocycles. The van der Waals surface area contributed by atoms with E-state index < -0.39 is 23.6 Å². The van der Waals surface area contributed by atoms with Crippen molar-refractivity contribution in [2.75, 3.05) is 27.8 Å². The van der Waals surface area contributed by atoms with Crippen LogP contribution in [0.4, 0.5) is 23.0 Å². The number of amides is 5. The van der Waals surface area contributed by atoms with Gasteiger partial charge in [0.25, 0.3) is 29.5 Å². The minimum atomic E-state index is -0.569. The summed E-state index contributed by atoms with van der Waals surface area (Å²) in [6, 6.07) is 6.12. The van der Waals surface area contributed by atoms with Crippen LogP contribution in [-0.2, 0) is 33.0 Å². The minimum absolute atomic E-state index is 0.0185. The fourth-order valence-corrected chi connectivity index (χ4v) is 4.57. The van der Waals surface area contributed by atoms with Gasteiger partial charge in [-0.15, -0.1) is 0 Å². The van der Waals surface area contributed by atoms with E-state index in [9.17, 15) is 24.0 Å². The molecule has 246 valence electrons. The van der Waals surface area contributed by atoms with E-state index in [-0.39, 0.29) is 52.2 Å². The van der Waals surface area contributed by atoms with Crippen LogP contribution in [0.5, 0.6) is 0 Å². The summed E-state index contributed by atoms with van der Waals surface area (Å²) in [5, 5.41) is 20.6. The van der Waals surface area contributed by atoms with E-state index in [0.717, 1.165) is 0 Å². The van der Waals surface area contributed by atoms with Crippen molar-refractivity contribution in [3.05, 3.63) is 76.8 Å². The van der Waals surface area contributed by atoms with Crippen LogP contribution in [-0.4, -0.2) is 65.2 Å². The van der Waals surface area contributed by atoms with Gasteiger partial charge in [-0.25, -0.2) is 4.98 Å². The summed E-state index contributed by atoms with van der Waals surface area (Å²) in [6.45, 7) is 3.70. The summed E-state index contributed by atoms with van der Waals surface area (Å²) in [4.78, 5) is 67.6. The van der Waals surface area contributed by atoms with Crippen molar-refractivity contribution in [3.8, 4) is 0 Å². The Morgan fingerprint density at radius 1 is 0.809 bits per heavy atom. The Labute approximate surface area is 276 Å². The molecular weight excluding hydrogens is 676 g/mol. The Morgan fingerprint density at radius 3 is 1.96 bits per heavy atom. The molecule has 4 aromatic rings. The molecule has 0 saturated heterocycles. The van der Waals surface area contributed by atoms with Crippen molar-refractivity contribution in [1.29, 1.82) is 5.41 Å². The van der Waals surface area contributed by atoms with Gasteiger partial charge < -0.3 is 50.6 Å². The predicted molar refractivity (Wildman–Crippen MR) is 179 cm³/mol. The molecular formula is C29H33BrN12O5. The van der Waals surface area contributed by atoms with Gasteiger partial charge in [0.05, 0.1) is 21.7 Å². The molecule has 0 fully saturated rings. The molecule has 0 aliphatic rings. The largest absolute Gasteiger partial charge is 0.388 e. The van der Waals surface area contributed by atoms with E-state index in [0.29, 0.717) is 22.9 Å². The van der Waals surface area contributed by atoms with Gasteiger partial charge in [-0.2, -0.15) is 0 Å². The first-order chi connectivity index (χ1) is 22.1. The molecule has 0 aliphatic carbocycles. The lowest BCUT2D eigenvalue weighted by Gasteiger charge is -2.10. The number of aromatic nitrogens is 5. The summed E-state index contributed by atoms with van der Waals surface area (Å²) in [5.74, 6) is -1.92. The second-order valence-electron chi connectivity index (χ2n) is 10.4. The maximum Gasteiger partial charge on any atom is 0.291 e. The SMILES string of the molecule is C=C(Br)C(=O)Nc1cn(C)c(C(=O)Nc2cc(C(=O)Nc3cc(C(=O)Nc4ccc(C(=O)NCCC(=N)N)n4C)n(C)c3)n(C)c2)n1. The van der Waals surface area contributed by atoms with Crippen molar-refractivity contribution in [2.45, 2.75) is 6.42 Å². The Hall–Kier alpha value is -5.91. The van der Waals surface area contributed by atoms with Gasteiger partial charge >= 0.3 is 0 Å². The van der Waals surface area contributed by atoms with Gasteiger partial charge in [0.15, 0.2) is 5.82 Å². The topological polar surface area (TPSA) is 228 Å². The second kappa shape index (κ2) is 14.0. The number of nitrogens with zero attached hydrogens (tertiary/aromatic N) is 5. The number of anilines is 4. The molecule has 4 rings (SSSR count). The molecule has 18 heteroatoms. The van der Waals surface area contributed by atoms with Crippen LogP contribution in [0.3, 0.4) is 0 Å². The van der Waals surface area contributed by atoms with Crippen molar-refractivity contribution in [2.24, 2.45) is 33.9 Å². The quantitative estimate of drug-likeness (QED) is 0.0658. The maximum atomic E-state index is 13.1. The standard InChI is InChI=1S/C29H33BrN12O5/c1-15(30)25(43)37-22-14-41(4)24(36-22)29(47)35-17-11-19(39(2)13-17)27(45)34-16-10-20(40(3)12-16)28(46)38-23-7-6-18(42(23)5)26(44)33-9-8-21(31)32/h6-7,10-14H,1,8-9H2,2-5H3,(H3,31,32)(H,33,44)(H,34,45)(H,35,47)(H,37,43)(H,38,46). The van der Waals surface area contributed by atoms with Gasteiger partial charge in [-0.1, -0.05) is 6.58 Å². The van der Waals surface area contributed by atoms with Crippen LogP contribution >= 0.6 is 15.9 Å². The third-order valence-electron chi connectivity index (χ3n) is 6.83. The number of imidazole rings is 1. The van der Waals surface area contributed by atoms with Crippen molar-refractivity contribution >= 4 is 74.3 Å². The van der Waals surface area contributed by atoms with E-state index in [1.54, 1.807) is 52.7 Å².